The lowest BCUT2D eigenvalue weighted by molar-refractivity contribution is -0.186. The van der Waals surface area contributed by atoms with Crippen molar-refractivity contribution in [3.05, 3.63) is 0 Å². The first kappa shape index (κ1) is 16.9. The van der Waals surface area contributed by atoms with E-state index in [1.165, 1.54) is 0 Å². The van der Waals surface area contributed by atoms with Crippen LogP contribution < -0.4 is 5.32 Å². The van der Waals surface area contributed by atoms with Crippen LogP contribution in [-0.2, 0) is 4.79 Å². The Kier molecular flexibility index (Phi) is 5.81. The second-order valence-electron chi connectivity index (χ2n) is 6.48. The molecule has 2 nitrogen and oxygen atoms in total. The van der Waals surface area contributed by atoms with Crippen LogP contribution in [0.2, 0.25) is 0 Å². The first-order valence-electron chi connectivity index (χ1n) is 7.84. The normalized spacial score (nSPS) is 34.5. The summed E-state index contributed by atoms with van der Waals surface area (Å²) in [4.78, 5) is 12.1. The van der Waals surface area contributed by atoms with Crippen molar-refractivity contribution in [1.29, 1.82) is 0 Å². The molecule has 2 rings (SSSR count). The minimum absolute atomic E-state index is 0.0574. The number of hydrogen-bond acceptors (Lipinski definition) is 1. The first-order valence-corrected chi connectivity index (χ1v) is 8.28. The van der Waals surface area contributed by atoms with Crippen LogP contribution in [0.4, 0.5) is 13.2 Å². The summed E-state index contributed by atoms with van der Waals surface area (Å²) in [6.45, 7) is 0.551. The second kappa shape index (κ2) is 7.21. The lowest BCUT2D eigenvalue weighted by Gasteiger charge is -2.31. The van der Waals surface area contributed by atoms with Crippen molar-refractivity contribution < 1.29 is 18.0 Å². The van der Waals surface area contributed by atoms with Gasteiger partial charge in [0.1, 0.15) is 0 Å². The lowest BCUT2D eigenvalue weighted by Crippen LogP contribution is -2.39. The van der Waals surface area contributed by atoms with Crippen LogP contribution in [-0.4, -0.2) is 24.0 Å². The molecular weight excluding hydrogens is 303 g/mol. The standard InChI is InChI=1S/C15H23ClF3NO/c16-13-6-1-3-10(7-13)9-20-14(21)11-4-2-5-12(8-11)15(17,18)19/h10-13H,1-9H2,(H,20,21). The Labute approximate surface area is 128 Å². The molecule has 0 saturated heterocycles. The van der Waals surface area contributed by atoms with E-state index in [4.69, 9.17) is 11.6 Å². The maximum Gasteiger partial charge on any atom is 0.391 e. The molecule has 0 radical (unpaired) electrons. The van der Waals surface area contributed by atoms with Crippen LogP contribution in [0.1, 0.15) is 51.4 Å². The van der Waals surface area contributed by atoms with Gasteiger partial charge in [-0.15, -0.1) is 11.6 Å². The van der Waals surface area contributed by atoms with E-state index in [0.29, 0.717) is 25.3 Å². The van der Waals surface area contributed by atoms with Crippen molar-refractivity contribution in [3.63, 3.8) is 0 Å². The van der Waals surface area contributed by atoms with E-state index in [9.17, 15) is 18.0 Å². The van der Waals surface area contributed by atoms with E-state index in [0.717, 1.165) is 25.7 Å². The second-order valence-corrected chi connectivity index (χ2v) is 7.09. The van der Waals surface area contributed by atoms with Gasteiger partial charge >= 0.3 is 6.18 Å². The Morgan fingerprint density at radius 2 is 1.81 bits per heavy atom. The molecule has 2 fully saturated rings. The summed E-state index contributed by atoms with van der Waals surface area (Å²) < 4.78 is 38.3. The van der Waals surface area contributed by atoms with Crippen LogP contribution in [0.15, 0.2) is 0 Å². The molecule has 21 heavy (non-hydrogen) atoms. The third-order valence-corrected chi connectivity index (χ3v) is 5.19. The van der Waals surface area contributed by atoms with Gasteiger partial charge in [0.05, 0.1) is 5.92 Å². The first-order chi connectivity index (χ1) is 9.86. The number of hydrogen-bond donors (Lipinski definition) is 1. The summed E-state index contributed by atoms with van der Waals surface area (Å²) in [5.74, 6) is -1.64. The molecule has 0 heterocycles. The zero-order chi connectivity index (χ0) is 15.5. The molecular formula is C15H23ClF3NO. The van der Waals surface area contributed by atoms with Gasteiger partial charge in [0.15, 0.2) is 0 Å². The molecule has 4 unspecified atom stereocenters. The van der Waals surface area contributed by atoms with E-state index >= 15 is 0 Å². The largest absolute Gasteiger partial charge is 0.391 e. The Hall–Kier alpha value is -0.450. The maximum atomic E-state index is 12.8. The van der Waals surface area contributed by atoms with Gasteiger partial charge in [0, 0.05) is 17.8 Å². The number of carbonyl (C=O) groups excluding carboxylic acids is 1. The molecule has 6 heteroatoms. The molecule has 1 amide bonds. The predicted octanol–water partition coefficient (Wildman–Crippen LogP) is 4.27. The topological polar surface area (TPSA) is 29.1 Å². The quantitative estimate of drug-likeness (QED) is 0.771. The zero-order valence-electron chi connectivity index (χ0n) is 12.1. The highest BCUT2D eigenvalue weighted by Crippen LogP contribution is 2.40. The van der Waals surface area contributed by atoms with Crippen LogP contribution in [0.25, 0.3) is 0 Å². The molecule has 1 N–H and O–H groups in total. The van der Waals surface area contributed by atoms with E-state index < -0.39 is 18.0 Å². The third-order valence-electron chi connectivity index (χ3n) is 4.79. The number of nitrogens with one attached hydrogen (secondary N) is 1. The highest BCUT2D eigenvalue weighted by atomic mass is 35.5. The van der Waals surface area contributed by atoms with Crippen molar-refractivity contribution in [2.45, 2.75) is 62.9 Å². The van der Waals surface area contributed by atoms with E-state index in [1.807, 2.05) is 0 Å². The van der Waals surface area contributed by atoms with Crippen LogP contribution in [0.5, 0.6) is 0 Å². The Morgan fingerprint density at radius 1 is 1.10 bits per heavy atom. The minimum Gasteiger partial charge on any atom is -0.356 e. The van der Waals surface area contributed by atoms with E-state index in [-0.39, 0.29) is 24.1 Å². The Balaban J connectivity index is 1.77. The molecule has 122 valence electrons. The van der Waals surface area contributed by atoms with Crippen molar-refractivity contribution in [3.8, 4) is 0 Å². The highest BCUT2D eigenvalue weighted by molar-refractivity contribution is 6.20. The average molecular weight is 326 g/mol. The zero-order valence-corrected chi connectivity index (χ0v) is 12.8. The Morgan fingerprint density at radius 3 is 2.48 bits per heavy atom. The van der Waals surface area contributed by atoms with Crippen molar-refractivity contribution in [1.82, 2.24) is 5.32 Å². The highest BCUT2D eigenvalue weighted by Gasteiger charge is 2.43. The monoisotopic (exact) mass is 325 g/mol. The Bertz CT molecular complexity index is 361. The average Bonchev–Trinajstić information content (AvgIpc) is 2.44. The molecule has 0 aliphatic heterocycles. The van der Waals surface area contributed by atoms with E-state index in [2.05, 4.69) is 5.32 Å². The smallest absolute Gasteiger partial charge is 0.356 e. The number of carbonyl (C=O) groups is 1. The fourth-order valence-electron chi connectivity index (χ4n) is 3.53. The fourth-order valence-corrected chi connectivity index (χ4v) is 3.93. The van der Waals surface area contributed by atoms with Gasteiger partial charge in [0.25, 0.3) is 0 Å². The van der Waals surface area contributed by atoms with Gasteiger partial charge in [-0.1, -0.05) is 12.8 Å². The van der Waals surface area contributed by atoms with Gasteiger partial charge < -0.3 is 5.32 Å². The number of amides is 1. The van der Waals surface area contributed by atoms with Crippen LogP contribution in [0.3, 0.4) is 0 Å². The van der Waals surface area contributed by atoms with Gasteiger partial charge in [-0.25, -0.2) is 0 Å². The summed E-state index contributed by atoms with van der Waals surface area (Å²) in [7, 11) is 0. The molecule has 2 aliphatic carbocycles. The van der Waals surface area contributed by atoms with Crippen LogP contribution >= 0.6 is 11.6 Å². The number of rotatable bonds is 3. The van der Waals surface area contributed by atoms with Crippen molar-refractivity contribution in [2.75, 3.05) is 6.54 Å². The van der Waals surface area contributed by atoms with Crippen LogP contribution in [0, 0.1) is 17.8 Å². The molecule has 0 aromatic carbocycles. The van der Waals surface area contributed by atoms with Gasteiger partial charge in [-0.2, -0.15) is 13.2 Å². The molecule has 4 atom stereocenters. The summed E-state index contributed by atoms with van der Waals surface area (Å²) in [6.07, 6.45) is 0.986. The summed E-state index contributed by atoms with van der Waals surface area (Å²) in [5, 5.41) is 3.02. The van der Waals surface area contributed by atoms with Crippen molar-refractivity contribution in [2.24, 2.45) is 17.8 Å². The summed E-state index contributed by atoms with van der Waals surface area (Å²) in [5.41, 5.74) is 0. The van der Waals surface area contributed by atoms with Crippen molar-refractivity contribution >= 4 is 17.5 Å². The molecule has 2 saturated carbocycles. The summed E-state index contributed by atoms with van der Waals surface area (Å²) in [6, 6.07) is 0. The molecule has 0 spiro atoms. The SMILES string of the molecule is O=C(NCC1CCCC(Cl)C1)C1CCCC(C(F)(F)F)C1. The molecule has 0 bridgehead atoms. The third kappa shape index (κ3) is 5.04. The van der Waals surface area contributed by atoms with Gasteiger partial charge in [0.2, 0.25) is 5.91 Å². The fraction of sp³-hybridized carbons (Fsp3) is 0.933. The number of halogens is 4. The van der Waals surface area contributed by atoms with E-state index in [1.54, 1.807) is 0 Å². The molecule has 0 aromatic heterocycles. The number of alkyl halides is 4. The predicted molar refractivity (Wildman–Crippen MR) is 76.1 cm³/mol. The molecule has 0 aromatic rings. The van der Waals surface area contributed by atoms with Gasteiger partial charge in [-0.05, 0) is 44.4 Å². The van der Waals surface area contributed by atoms with Gasteiger partial charge in [-0.3, -0.25) is 4.79 Å². The molecule has 2 aliphatic rings. The lowest BCUT2D eigenvalue weighted by atomic mass is 9.80. The maximum absolute atomic E-state index is 12.8. The summed E-state index contributed by atoms with van der Waals surface area (Å²) >= 11 is 6.11. The minimum atomic E-state index is -4.17.